The first-order valence-electron chi connectivity index (χ1n) is 7.27. The van der Waals surface area contributed by atoms with Gasteiger partial charge in [0.2, 0.25) is 0 Å². The lowest BCUT2D eigenvalue weighted by Gasteiger charge is -2.13. The summed E-state index contributed by atoms with van der Waals surface area (Å²) < 4.78 is 78.1. The SMILES string of the molecule is NN1C(=O)C(=Cc2cc(-c3cc(C(F)(F)F)cc(C(F)(F)F)c3)cs2)SC1=S. The molecule has 2 N–H and O–H groups in total. The zero-order chi connectivity index (χ0) is 20.9. The largest absolute Gasteiger partial charge is 0.416 e. The summed E-state index contributed by atoms with van der Waals surface area (Å²) >= 11 is 6.89. The van der Waals surface area contributed by atoms with E-state index in [4.69, 9.17) is 18.1 Å². The molecule has 0 unspecified atom stereocenters. The van der Waals surface area contributed by atoms with Gasteiger partial charge in [0.05, 0.1) is 16.0 Å². The van der Waals surface area contributed by atoms with E-state index in [2.05, 4.69) is 0 Å². The summed E-state index contributed by atoms with van der Waals surface area (Å²) in [5.74, 6) is 4.91. The van der Waals surface area contributed by atoms with E-state index in [0.29, 0.717) is 17.0 Å². The van der Waals surface area contributed by atoms with Crippen LogP contribution in [0.2, 0.25) is 0 Å². The zero-order valence-corrected chi connectivity index (χ0v) is 15.8. The molecule has 12 heteroatoms. The molecule has 0 aliphatic carbocycles. The van der Waals surface area contributed by atoms with E-state index in [1.54, 1.807) is 0 Å². The van der Waals surface area contributed by atoms with Gasteiger partial charge in [0.15, 0.2) is 4.32 Å². The normalized spacial score (nSPS) is 17.1. The van der Waals surface area contributed by atoms with Crippen molar-refractivity contribution in [3.05, 3.63) is 50.6 Å². The lowest BCUT2D eigenvalue weighted by atomic mass is 10.0. The van der Waals surface area contributed by atoms with Crippen molar-refractivity contribution in [2.45, 2.75) is 12.4 Å². The number of thioether (sulfide) groups is 1. The highest BCUT2D eigenvalue weighted by molar-refractivity contribution is 8.26. The fourth-order valence-corrected chi connectivity index (χ4v) is 4.33. The molecule has 2 aromatic rings. The number of hydrazine groups is 1. The number of halogens is 6. The third-order valence-corrected chi connectivity index (χ3v) is 5.85. The minimum atomic E-state index is -4.93. The molecule has 1 saturated heterocycles. The third kappa shape index (κ3) is 4.24. The van der Waals surface area contributed by atoms with Gasteiger partial charge in [-0.25, -0.2) is 10.9 Å². The summed E-state index contributed by atoms with van der Waals surface area (Å²) in [4.78, 5) is 12.5. The Kier molecular flexibility index (Phi) is 5.34. The minimum absolute atomic E-state index is 0.0728. The van der Waals surface area contributed by atoms with Gasteiger partial charge in [-0.05, 0) is 46.8 Å². The maximum Gasteiger partial charge on any atom is 0.416 e. The fourth-order valence-electron chi connectivity index (χ4n) is 2.31. The van der Waals surface area contributed by atoms with Gasteiger partial charge in [-0.3, -0.25) is 4.79 Å². The second kappa shape index (κ2) is 7.17. The molecule has 0 bridgehead atoms. The predicted octanol–water partition coefficient (Wildman–Crippen LogP) is 5.53. The van der Waals surface area contributed by atoms with E-state index >= 15 is 0 Å². The monoisotopic (exact) mass is 454 g/mol. The number of carbonyl (C=O) groups excluding carboxylic acids is 1. The highest BCUT2D eigenvalue weighted by Gasteiger charge is 2.37. The molecule has 28 heavy (non-hydrogen) atoms. The first-order chi connectivity index (χ1) is 12.9. The number of amides is 1. The zero-order valence-electron chi connectivity index (χ0n) is 13.4. The Balaban J connectivity index is 2.01. The molecule has 3 nitrogen and oxygen atoms in total. The number of alkyl halides is 6. The molecular formula is C16H8F6N2OS3. The van der Waals surface area contributed by atoms with Crippen molar-refractivity contribution in [3.8, 4) is 11.1 Å². The van der Waals surface area contributed by atoms with Crippen molar-refractivity contribution in [1.29, 1.82) is 0 Å². The average molecular weight is 454 g/mol. The molecule has 1 aromatic carbocycles. The molecule has 0 spiro atoms. The molecule has 148 valence electrons. The van der Waals surface area contributed by atoms with Crippen LogP contribution in [0.25, 0.3) is 17.2 Å². The third-order valence-electron chi connectivity index (χ3n) is 3.64. The first-order valence-corrected chi connectivity index (χ1v) is 9.38. The van der Waals surface area contributed by atoms with Gasteiger partial charge in [0.1, 0.15) is 0 Å². The Bertz CT molecular complexity index is 961. The first kappa shape index (κ1) is 20.8. The van der Waals surface area contributed by atoms with E-state index < -0.39 is 29.4 Å². The maximum atomic E-state index is 13.0. The number of benzene rings is 1. The number of nitrogens with two attached hydrogens (primary N) is 1. The van der Waals surface area contributed by atoms with Gasteiger partial charge in [-0.1, -0.05) is 24.0 Å². The molecule has 1 fully saturated rings. The smallest absolute Gasteiger partial charge is 0.267 e. The Morgan fingerprint density at radius 3 is 2.00 bits per heavy atom. The lowest BCUT2D eigenvalue weighted by Crippen LogP contribution is -2.34. The van der Waals surface area contributed by atoms with Gasteiger partial charge < -0.3 is 0 Å². The van der Waals surface area contributed by atoms with Crippen LogP contribution in [0.1, 0.15) is 16.0 Å². The van der Waals surface area contributed by atoms with Crippen molar-refractivity contribution >= 4 is 51.6 Å². The second-order valence-electron chi connectivity index (χ2n) is 5.58. The van der Waals surface area contributed by atoms with E-state index in [1.807, 2.05) is 0 Å². The van der Waals surface area contributed by atoms with Gasteiger partial charge >= 0.3 is 12.4 Å². The van der Waals surface area contributed by atoms with E-state index in [0.717, 1.165) is 28.1 Å². The van der Waals surface area contributed by atoms with Crippen LogP contribution < -0.4 is 5.84 Å². The van der Waals surface area contributed by atoms with Crippen LogP contribution >= 0.6 is 35.3 Å². The fraction of sp³-hybridized carbons (Fsp3) is 0.125. The maximum absolute atomic E-state index is 13.0. The summed E-state index contributed by atoms with van der Waals surface area (Å²) in [7, 11) is 0. The number of rotatable bonds is 2. The minimum Gasteiger partial charge on any atom is -0.267 e. The standard InChI is InChI=1S/C16H8F6N2OS3/c17-15(18,19)9-1-7(2-10(4-9)16(20,21)22)8-3-11(27-6-8)5-12-13(25)24(23)14(26)28-12/h1-6H,23H2. The molecule has 3 rings (SSSR count). The number of thiophene rings is 1. The van der Waals surface area contributed by atoms with E-state index in [-0.39, 0.29) is 26.4 Å². The van der Waals surface area contributed by atoms with Crippen LogP contribution in [0.5, 0.6) is 0 Å². The van der Waals surface area contributed by atoms with Gasteiger partial charge in [0.25, 0.3) is 5.91 Å². The highest BCUT2D eigenvalue weighted by Crippen LogP contribution is 2.40. The molecule has 1 aromatic heterocycles. The van der Waals surface area contributed by atoms with Crippen LogP contribution in [0, 0.1) is 0 Å². The quantitative estimate of drug-likeness (QED) is 0.213. The molecule has 1 amide bonds. The molecule has 0 radical (unpaired) electrons. The molecule has 2 heterocycles. The van der Waals surface area contributed by atoms with Gasteiger partial charge in [-0.15, -0.1) is 11.3 Å². The summed E-state index contributed by atoms with van der Waals surface area (Å²) in [6.07, 6.45) is -8.42. The van der Waals surface area contributed by atoms with Crippen molar-refractivity contribution in [2.24, 2.45) is 5.84 Å². The highest BCUT2D eigenvalue weighted by atomic mass is 32.2. The number of carbonyl (C=O) groups is 1. The van der Waals surface area contributed by atoms with Crippen LogP contribution in [-0.4, -0.2) is 15.2 Å². The summed E-state index contributed by atoms with van der Waals surface area (Å²) in [5.41, 5.74) is -2.86. The van der Waals surface area contributed by atoms with E-state index in [9.17, 15) is 31.1 Å². The Morgan fingerprint density at radius 1 is 0.964 bits per heavy atom. The van der Waals surface area contributed by atoms with Crippen LogP contribution in [-0.2, 0) is 17.1 Å². The number of hydrogen-bond donors (Lipinski definition) is 1. The van der Waals surface area contributed by atoms with Gasteiger partial charge in [-0.2, -0.15) is 26.3 Å². The Labute approximate surface area is 167 Å². The molecule has 1 aliphatic heterocycles. The second-order valence-corrected chi connectivity index (χ2v) is 8.20. The Hall–Kier alpha value is -1.89. The van der Waals surface area contributed by atoms with Crippen molar-refractivity contribution < 1.29 is 31.1 Å². The lowest BCUT2D eigenvalue weighted by molar-refractivity contribution is -0.143. The van der Waals surface area contributed by atoms with Gasteiger partial charge in [0, 0.05) is 4.88 Å². The van der Waals surface area contributed by atoms with Crippen molar-refractivity contribution in [1.82, 2.24) is 5.01 Å². The number of nitrogens with zero attached hydrogens (tertiary/aromatic N) is 1. The topological polar surface area (TPSA) is 46.3 Å². The Morgan fingerprint density at radius 2 is 1.54 bits per heavy atom. The van der Waals surface area contributed by atoms with E-state index in [1.165, 1.54) is 17.5 Å². The summed E-state index contributed by atoms with van der Waals surface area (Å²) in [6, 6.07) is 2.77. The average Bonchev–Trinajstić information content (AvgIpc) is 3.14. The van der Waals surface area contributed by atoms with Crippen LogP contribution in [0.15, 0.2) is 34.6 Å². The molecule has 0 atom stereocenters. The molecule has 1 aliphatic rings. The van der Waals surface area contributed by atoms with Crippen molar-refractivity contribution in [2.75, 3.05) is 0 Å². The summed E-state index contributed by atoms with van der Waals surface area (Å²) in [5, 5.41) is 2.19. The van der Waals surface area contributed by atoms with Crippen molar-refractivity contribution in [3.63, 3.8) is 0 Å². The molecule has 0 saturated carbocycles. The molecular weight excluding hydrogens is 446 g/mol. The number of thiocarbonyl (C=S) groups is 1. The number of hydrogen-bond acceptors (Lipinski definition) is 5. The summed E-state index contributed by atoms with van der Waals surface area (Å²) in [6.45, 7) is 0. The predicted molar refractivity (Wildman–Crippen MR) is 99.0 cm³/mol. The van der Waals surface area contributed by atoms with Crippen LogP contribution in [0.4, 0.5) is 26.3 Å². The van der Waals surface area contributed by atoms with Crippen LogP contribution in [0.3, 0.4) is 0 Å².